The summed E-state index contributed by atoms with van der Waals surface area (Å²) in [5.41, 5.74) is 0.880. The van der Waals surface area contributed by atoms with Crippen LogP contribution in [0.15, 0.2) is 39.4 Å². The zero-order valence-electron chi connectivity index (χ0n) is 9.38. The molecule has 1 aromatic heterocycles. The van der Waals surface area contributed by atoms with Gasteiger partial charge in [-0.25, -0.2) is 4.98 Å². The molecule has 0 radical (unpaired) electrons. The van der Waals surface area contributed by atoms with Crippen molar-refractivity contribution < 1.29 is 4.74 Å². The molecule has 1 N–H and O–H groups in total. The third kappa shape index (κ3) is 3.16. The van der Waals surface area contributed by atoms with Crippen LogP contribution in [0.4, 0.5) is 11.5 Å². The molecule has 94 valence electrons. The van der Waals surface area contributed by atoms with Crippen LogP contribution in [0.5, 0.6) is 5.75 Å². The van der Waals surface area contributed by atoms with E-state index in [1.165, 1.54) is 0 Å². The van der Waals surface area contributed by atoms with Gasteiger partial charge in [-0.1, -0.05) is 11.6 Å². The first-order chi connectivity index (χ1) is 8.60. The van der Waals surface area contributed by atoms with Gasteiger partial charge in [0, 0.05) is 18.0 Å². The van der Waals surface area contributed by atoms with Crippen LogP contribution in [-0.4, -0.2) is 12.1 Å². The lowest BCUT2D eigenvalue weighted by atomic mass is 10.3. The molecule has 0 fully saturated rings. The van der Waals surface area contributed by atoms with Crippen LogP contribution in [-0.2, 0) is 0 Å². The van der Waals surface area contributed by atoms with E-state index in [-0.39, 0.29) is 0 Å². The van der Waals surface area contributed by atoms with Crippen molar-refractivity contribution in [1.29, 1.82) is 0 Å². The van der Waals surface area contributed by atoms with Crippen LogP contribution in [0.1, 0.15) is 0 Å². The van der Waals surface area contributed by atoms with E-state index in [1.54, 1.807) is 19.4 Å². The van der Waals surface area contributed by atoms with Crippen molar-refractivity contribution in [3.05, 3.63) is 44.4 Å². The fourth-order valence-corrected chi connectivity index (χ4v) is 2.53. The van der Waals surface area contributed by atoms with Gasteiger partial charge in [0.25, 0.3) is 0 Å². The van der Waals surface area contributed by atoms with Gasteiger partial charge in [0.2, 0.25) is 0 Å². The van der Waals surface area contributed by atoms with Crippen LogP contribution in [0.3, 0.4) is 0 Å². The Morgan fingerprint density at radius 2 is 2.00 bits per heavy atom. The Morgan fingerprint density at radius 1 is 1.22 bits per heavy atom. The normalized spacial score (nSPS) is 10.2. The van der Waals surface area contributed by atoms with Crippen LogP contribution < -0.4 is 10.1 Å². The number of rotatable bonds is 3. The molecule has 2 rings (SSSR count). The van der Waals surface area contributed by atoms with Crippen molar-refractivity contribution in [2.75, 3.05) is 12.4 Å². The summed E-state index contributed by atoms with van der Waals surface area (Å²) in [6.45, 7) is 0. The van der Waals surface area contributed by atoms with Crippen molar-refractivity contribution in [3.8, 4) is 5.75 Å². The summed E-state index contributed by atoms with van der Waals surface area (Å²) in [6, 6.07) is 7.50. The predicted molar refractivity (Wildman–Crippen MR) is 80.9 cm³/mol. The number of aromatic nitrogens is 1. The summed E-state index contributed by atoms with van der Waals surface area (Å²) < 4.78 is 6.94. The van der Waals surface area contributed by atoms with E-state index in [1.807, 2.05) is 18.2 Å². The predicted octanol–water partition coefficient (Wildman–Crippen LogP) is 5.01. The Labute approximate surface area is 127 Å². The number of ether oxygens (including phenoxy) is 1. The monoisotopic (exact) mass is 390 g/mol. The quantitative estimate of drug-likeness (QED) is 0.797. The first-order valence-corrected chi connectivity index (χ1v) is 6.98. The highest BCUT2D eigenvalue weighted by molar-refractivity contribution is 9.11. The number of methoxy groups -OCH3 is 1. The van der Waals surface area contributed by atoms with Gasteiger partial charge in [-0.2, -0.15) is 0 Å². The van der Waals surface area contributed by atoms with Crippen LogP contribution in [0, 0.1) is 0 Å². The Bertz CT molecular complexity index is 578. The standard InChI is InChI=1S/C12H9Br2ClN2O/c1-18-11-5-8(2-3-9(11)13)17-12-10(14)4-7(15)6-16-12/h2-6H,1H3,(H,16,17). The maximum absolute atomic E-state index is 5.84. The number of hydrogen-bond donors (Lipinski definition) is 1. The average Bonchev–Trinajstić information content (AvgIpc) is 2.35. The zero-order chi connectivity index (χ0) is 13.1. The summed E-state index contributed by atoms with van der Waals surface area (Å²) in [6.07, 6.45) is 1.59. The smallest absolute Gasteiger partial charge is 0.144 e. The summed E-state index contributed by atoms with van der Waals surface area (Å²) in [5.74, 6) is 1.45. The highest BCUT2D eigenvalue weighted by Crippen LogP contribution is 2.31. The highest BCUT2D eigenvalue weighted by atomic mass is 79.9. The molecule has 0 saturated carbocycles. The average molecular weight is 392 g/mol. The van der Waals surface area contributed by atoms with Crippen LogP contribution in [0.25, 0.3) is 0 Å². The van der Waals surface area contributed by atoms with Crippen LogP contribution in [0.2, 0.25) is 5.02 Å². The second-order valence-corrected chi connectivity index (χ2v) is 5.60. The Hall–Kier alpha value is -0.780. The largest absolute Gasteiger partial charge is 0.495 e. The Kier molecular flexibility index (Phi) is 4.48. The number of nitrogens with zero attached hydrogens (tertiary/aromatic N) is 1. The fourth-order valence-electron chi connectivity index (χ4n) is 1.38. The minimum atomic E-state index is 0.584. The lowest BCUT2D eigenvalue weighted by molar-refractivity contribution is 0.412. The van der Waals surface area contributed by atoms with E-state index >= 15 is 0 Å². The highest BCUT2D eigenvalue weighted by Gasteiger charge is 2.05. The second kappa shape index (κ2) is 5.91. The minimum Gasteiger partial charge on any atom is -0.495 e. The van der Waals surface area contributed by atoms with Crippen molar-refractivity contribution >= 4 is 55.0 Å². The summed E-state index contributed by atoms with van der Waals surface area (Å²) in [4.78, 5) is 4.21. The van der Waals surface area contributed by atoms with Gasteiger partial charge in [-0.05, 0) is 50.1 Å². The molecule has 6 heteroatoms. The lowest BCUT2D eigenvalue weighted by Gasteiger charge is -2.10. The van der Waals surface area contributed by atoms with Gasteiger partial charge in [0.05, 0.1) is 21.1 Å². The number of hydrogen-bond acceptors (Lipinski definition) is 3. The summed E-state index contributed by atoms with van der Waals surface area (Å²) in [5, 5.41) is 3.77. The van der Waals surface area contributed by atoms with Crippen molar-refractivity contribution in [1.82, 2.24) is 4.98 Å². The molecular formula is C12H9Br2ClN2O. The third-order valence-electron chi connectivity index (χ3n) is 2.22. The molecule has 0 aliphatic heterocycles. The van der Waals surface area contributed by atoms with E-state index in [9.17, 15) is 0 Å². The molecule has 0 saturated heterocycles. The number of nitrogens with one attached hydrogen (secondary N) is 1. The van der Waals surface area contributed by atoms with E-state index in [2.05, 4.69) is 42.2 Å². The van der Waals surface area contributed by atoms with Crippen molar-refractivity contribution in [2.45, 2.75) is 0 Å². The number of halogens is 3. The Balaban J connectivity index is 2.28. The van der Waals surface area contributed by atoms with E-state index in [0.29, 0.717) is 10.8 Å². The van der Waals surface area contributed by atoms with E-state index in [4.69, 9.17) is 16.3 Å². The van der Waals surface area contributed by atoms with E-state index < -0.39 is 0 Å². The molecule has 2 aromatic rings. The van der Waals surface area contributed by atoms with Gasteiger partial charge in [-0.15, -0.1) is 0 Å². The maximum Gasteiger partial charge on any atom is 0.144 e. The molecule has 0 bridgehead atoms. The molecule has 1 heterocycles. The van der Waals surface area contributed by atoms with Crippen molar-refractivity contribution in [2.24, 2.45) is 0 Å². The minimum absolute atomic E-state index is 0.584. The molecule has 3 nitrogen and oxygen atoms in total. The van der Waals surface area contributed by atoms with Gasteiger partial charge in [0.1, 0.15) is 11.6 Å². The van der Waals surface area contributed by atoms with Crippen LogP contribution >= 0.6 is 43.5 Å². The first-order valence-electron chi connectivity index (χ1n) is 5.02. The van der Waals surface area contributed by atoms with Gasteiger partial charge in [-0.3, -0.25) is 0 Å². The van der Waals surface area contributed by atoms with E-state index in [0.717, 1.165) is 20.4 Å². The molecule has 0 amide bonds. The summed E-state index contributed by atoms with van der Waals surface area (Å²) in [7, 11) is 1.63. The second-order valence-electron chi connectivity index (χ2n) is 3.46. The molecule has 0 unspecified atom stereocenters. The number of benzene rings is 1. The molecule has 0 aliphatic rings. The molecule has 18 heavy (non-hydrogen) atoms. The zero-order valence-corrected chi connectivity index (χ0v) is 13.3. The maximum atomic E-state index is 5.84. The molecular weight excluding hydrogens is 383 g/mol. The first kappa shape index (κ1) is 13.6. The number of pyridine rings is 1. The van der Waals surface area contributed by atoms with Crippen molar-refractivity contribution in [3.63, 3.8) is 0 Å². The van der Waals surface area contributed by atoms with Gasteiger partial charge >= 0.3 is 0 Å². The lowest BCUT2D eigenvalue weighted by Crippen LogP contribution is -1.95. The number of anilines is 2. The SMILES string of the molecule is COc1cc(Nc2ncc(Cl)cc2Br)ccc1Br. The topological polar surface area (TPSA) is 34.1 Å². The molecule has 1 aromatic carbocycles. The fraction of sp³-hybridized carbons (Fsp3) is 0.0833. The Morgan fingerprint density at radius 3 is 2.67 bits per heavy atom. The molecule has 0 aliphatic carbocycles. The molecule has 0 atom stereocenters. The van der Waals surface area contributed by atoms with Gasteiger partial charge < -0.3 is 10.1 Å². The third-order valence-corrected chi connectivity index (χ3v) is 3.69. The summed E-state index contributed by atoms with van der Waals surface area (Å²) >= 11 is 12.7. The molecule has 0 spiro atoms. The van der Waals surface area contributed by atoms with Gasteiger partial charge in [0.15, 0.2) is 0 Å².